The Bertz CT molecular complexity index is 2500. The van der Waals surface area contributed by atoms with E-state index in [9.17, 15) is 38.8 Å². The van der Waals surface area contributed by atoms with Crippen LogP contribution in [0.5, 0.6) is 23.0 Å². The first-order chi connectivity index (χ1) is 41.2. The molecule has 1 amide bonds. The standard InChI is InChI=1S/C65H98N3O15PS/c1-3-5-7-9-11-13-15-17-19-21-23-25-27-29-31-33-60(71)78-48-53(81-61(72)34-32-30-28-26-24-22-20-18-16-14-12-10-8-6-4-2)49-80-84(75,76)79-44-42-67-64(74)77-43-41-66-63(85)68-50-35-38-54-57(45-50)65(83-62(54)73)55-39-36-51(69)46-58(55)82-59-47-52(70)37-40-56(59)65/h35-40,45-47,53,69-70H,3-34,41-44,48-49H2,1-2H3,(H,67,74)(H,75,76)(H2,66,68,85)/t53-/m1/s1. The van der Waals surface area contributed by atoms with Crippen LogP contribution in [0.15, 0.2) is 54.6 Å². The number of rotatable bonds is 46. The number of hydrogen-bond donors (Lipinski definition) is 6. The molecule has 85 heavy (non-hydrogen) atoms. The fraction of sp³-hybridized carbons (Fsp3) is 0.646. The lowest BCUT2D eigenvalue weighted by atomic mass is 9.77. The van der Waals surface area contributed by atoms with Crippen LogP contribution < -0.4 is 20.7 Å². The van der Waals surface area contributed by atoms with Crippen LogP contribution in [0.25, 0.3) is 0 Å². The number of thiocarbonyl (C=S) groups is 1. The number of alkyl carbamates (subject to hydrolysis) is 1. The molecule has 0 aromatic heterocycles. The van der Waals surface area contributed by atoms with Gasteiger partial charge in [0.15, 0.2) is 16.8 Å². The lowest BCUT2D eigenvalue weighted by Gasteiger charge is -2.36. The molecule has 0 radical (unpaired) electrons. The third kappa shape index (κ3) is 26.2. The maximum atomic E-state index is 13.3. The van der Waals surface area contributed by atoms with Gasteiger partial charge >= 0.3 is 31.8 Å². The smallest absolute Gasteiger partial charge is 0.472 e. The molecule has 20 heteroatoms. The Labute approximate surface area is 510 Å². The number of phosphoric acid groups is 1. The van der Waals surface area contributed by atoms with E-state index < -0.39 is 56.7 Å². The van der Waals surface area contributed by atoms with Gasteiger partial charge in [-0.15, -0.1) is 0 Å². The number of aromatic hydroxyl groups is 2. The zero-order chi connectivity index (χ0) is 61.0. The molecule has 474 valence electrons. The predicted octanol–water partition coefficient (Wildman–Crippen LogP) is 15.8. The minimum absolute atomic E-state index is 0.0661. The van der Waals surface area contributed by atoms with Gasteiger partial charge in [-0.3, -0.25) is 18.6 Å². The van der Waals surface area contributed by atoms with Gasteiger partial charge in [-0.1, -0.05) is 194 Å². The van der Waals surface area contributed by atoms with Gasteiger partial charge in [-0.2, -0.15) is 0 Å². The van der Waals surface area contributed by atoms with Crippen LogP contribution >= 0.6 is 20.0 Å². The van der Waals surface area contributed by atoms with Gasteiger partial charge in [0.1, 0.15) is 36.2 Å². The second-order valence-corrected chi connectivity index (χ2v) is 24.4. The van der Waals surface area contributed by atoms with Crippen LogP contribution in [-0.2, 0) is 47.8 Å². The highest BCUT2D eigenvalue weighted by Crippen LogP contribution is 2.57. The number of anilines is 1. The van der Waals surface area contributed by atoms with E-state index in [2.05, 4.69) is 29.8 Å². The van der Waals surface area contributed by atoms with Gasteiger partial charge in [-0.25, -0.2) is 14.2 Å². The summed E-state index contributed by atoms with van der Waals surface area (Å²) in [6, 6.07) is 13.9. The normalized spacial score (nSPS) is 13.8. The summed E-state index contributed by atoms with van der Waals surface area (Å²) in [5.41, 5.74) is 0.734. The first kappa shape index (κ1) is 70.3. The van der Waals surface area contributed by atoms with E-state index in [1.165, 1.54) is 166 Å². The molecule has 1 unspecified atom stereocenters. The maximum Gasteiger partial charge on any atom is 0.472 e. The number of amides is 1. The molecular weight excluding hydrogens is 1130 g/mol. The molecule has 3 aromatic rings. The molecule has 3 aromatic carbocycles. The molecular formula is C65H98N3O15PS. The van der Waals surface area contributed by atoms with Crippen LogP contribution in [0.2, 0.25) is 0 Å². The number of phenols is 2. The maximum absolute atomic E-state index is 13.3. The Balaban J connectivity index is 0.974. The highest BCUT2D eigenvalue weighted by Gasteiger charge is 2.54. The van der Waals surface area contributed by atoms with Crippen molar-refractivity contribution in [3.63, 3.8) is 0 Å². The Morgan fingerprint density at radius 3 is 1.54 bits per heavy atom. The van der Waals surface area contributed by atoms with Crippen molar-refractivity contribution in [1.82, 2.24) is 10.6 Å². The number of nitrogens with one attached hydrogen (secondary N) is 3. The molecule has 0 fully saturated rings. The van der Waals surface area contributed by atoms with E-state index in [0.717, 1.165) is 38.5 Å². The van der Waals surface area contributed by atoms with Crippen molar-refractivity contribution < 1.29 is 71.6 Å². The second-order valence-electron chi connectivity index (χ2n) is 22.5. The third-order valence-electron chi connectivity index (χ3n) is 15.4. The van der Waals surface area contributed by atoms with E-state index in [1.54, 1.807) is 30.3 Å². The molecule has 2 heterocycles. The Morgan fingerprint density at radius 1 is 0.565 bits per heavy atom. The highest BCUT2D eigenvalue weighted by atomic mass is 32.1. The molecule has 2 aliphatic heterocycles. The number of esters is 3. The molecule has 1 spiro atoms. The topological polar surface area (TPSA) is 247 Å². The highest BCUT2D eigenvalue weighted by molar-refractivity contribution is 7.80. The molecule has 0 saturated carbocycles. The molecule has 18 nitrogen and oxygen atoms in total. The molecule has 2 aliphatic rings. The fourth-order valence-electron chi connectivity index (χ4n) is 10.7. The molecule has 0 bridgehead atoms. The van der Waals surface area contributed by atoms with Gasteiger partial charge in [0.05, 0.1) is 25.3 Å². The Morgan fingerprint density at radius 2 is 1.04 bits per heavy atom. The Hall–Kier alpha value is -5.46. The van der Waals surface area contributed by atoms with Crippen LogP contribution in [-0.4, -0.2) is 89.8 Å². The van der Waals surface area contributed by atoms with Gasteiger partial charge in [-0.05, 0) is 67.5 Å². The molecule has 0 saturated heterocycles. The average Bonchev–Trinajstić information content (AvgIpc) is 1.65. The SMILES string of the molecule is CCCCCCCCCCCCCCCCCC(=O)OC[C@H](COP(=O)(O)OCCNC(=O)OCCNC(=S)Nc1ccc2c(c1)C1(OC2=O)c2ccc(O)cc2Oc2cc(O)ccc21)OC(=O)CCCCCCCCCCCCCCCCC. The minimum atomic E-state index is -4.72. The summed E-state index contributed by atoms with van der Waals surface area (Å²) < 4.78 is 51.6. The van der Waals surface area contributed by atoms with Crippen molar-refractivity contribution in [1.29, 1.82) is 0 Å². The van der Waals surface area contributed by atoms with E-state index in [1.807, 2.05) is 0 Å². The zero-order valence-corrected chi connectivity index (χ0v) is 52.5. The average molecular weight is 1220 g/mol. The minimum Gasteiger partial charge on any atom is -0.508 e. The number of unbranched alkanes of at least 4 members (excludes halogenated alkanes) is 28. The van der Waals surface area contributed by atoms with E-state index in [-0.39, 0.29) is 67.3 Å². The number of ether oxygens (including phenoxy) is 5. The monoisotopic (exact) mass is 1220 g/mol. The number of phosphoric ester groups is 1. The van der Waals surface area contributed by atoms with Crippen molar-refractivity contribution in [2.24, 2.45) is 0 Å². The molecule has 0 aliphatic carbocycles. The first-order valence-electron chi connectivity index (χ1n) is 31.9. The summed E-state index contributed by atoms with van der Waals surface area (Å²) in [5, 5.41) is 29.1. The van der Waals surface area contributed by atoms with Crippen LogP contribution in [0.1, 0.15) is 246 Å². The Kier molecular flexibility index (Phi) is 33.2. The summed E-state index contributed by atoms with van der Waals surface area (Å²) in [4.78, 5) is 62.0. The van der Waals surface area contributed by atoms with Crippen molar-refractivity contribution in [2.75, 3.05) is 44.8 Å². The lowest BCUT2D eigenvalue weighted by Crippen LogP contribution is -2.34. The van der Waals surface area contributed by atoms with E-state index in [0.29, 0.717) is 40.8 Å². The molecule has 6 N–H and O–H groups in total. The number of phenolic OH excluding ortho intramolecular Hbond substituents is 2. The largest absolute Gasteiger partial charge is 0.508 e. The number of carbonyl (C=O) groups excluding carboxylic acids is 4. The van der Waals surface area contributed by atoms with Crippen molar-refractivity contribution in [3.05, 3.63) is 76.9 Å². The lowest BCUT2D eigenvalue weighted by molar-refractivity contribution is -0.161. The van der Waals surface area contributed by atoms with Crippen LogP contribution in [0.3, 0.4) is 0 Å². The third-order valence-corrected chi connectivity index (χ3v) is 16.6. The molecule has 2 atom stereocenters. The number of benzene rings is 3. The summed E-state index contributed by atoms with van der Waals surface area (Å²) in [6.07, 6.45) is 34.5. The van der Waals surface area contributed by atoms with Crippen molar-refractivity contribution in [2.45, 2.75) is 231 Å². The van der Waals surface area contributed by atoms with E-state index in [4.69, 9.17) is 44.9 Å². The summed E-state index contributed by atoms with van der Waals surface area (Å²) >= 11 is 5.50. The van der Waals surface area contributed by atoms with Gasteiger partial charge in [0, 0.05) is 53.9 Å². The predicted molar refractivity (Wildman–Crippen MR) is 333 cm³/mol. The van der Waals surface area contributed by atoms with Gasteiger partial charge < -0.3 is 54.7 Å². The fourth-order valence-corrected chi connectivity index (χ4v) is 11.7. The van der Waals surface area contributed by atoms with Crippen LogP contribution in [0.4, 0.5) is 10.5 Å². The summed E-state index contributed by atoms with van der Waals surface area (Å²) in [5.74, 6) is -1.20. The number of carbonyl (C=O) groups is 4. The summed E-state index contributed by atoms with van der Waals surface area (Å²) in [7, 11) is -4.72. The van der Waals surface area contributed by atoms with Crippen LogP contribution in [0, 0.1) is 0 Å². The molecule has 5 rings (SSSR count). The second kappa shape index (κ2) is 40.1. The van der Waals surface area contributed by atoms with Gasteiger partial charge in [0.2, 0.25) is 0 Å². The number of hydrogen-bond acceptors (Lipinski definition) is 15. The zero-order valence-electron chi connectivity index (χ0n) is 50.7. The van der Waals surface area contributed by atoms with Crippen molar-refractivity contribution >= 4 is 54.8 Å². The summed E-state index contributed by atoms with van der Waals surface area (Å²) in [6.45, 7) is 2.90. The number of fused-ring (bicyclic) bond motifs is 6. The van der Waals surface area contributed by atoms with Crippen molar-refractivity contribution in [3.8, 4) is 23.0 Å². The first-order valence-corrected chi connectivity index (χ1v) is 33.8. The van der Waals surface area contributed by atoms with Gasteiger partial charge in [0.25, 0.3) is 0 Å². The van der Waals surface area contributed by atoms with E-state index >= 15 is 0 Å². The quantitative estimate of drug-likeness (QED) is 0.0101.